The number of nitrogens with zero attached hydrogens (tertiary/aromatic N) is 2. The summed E-state index contributed by atoms with van der Waals surface area (Å²) in [7, 11) is 0. The van der Waals surface area contributed by atoms with Gasteiger partial charge in [-0.2, -0.15) is 0 Å². The van der Waals surface area contributed by atoms with Gasteiger partial charge >= 0.3 is 0 Å². The summed E-state index contributed by atoms with van der Waals surface area (Å²) in [6.45, 7) is 4.21. The maximum absolute atomic E-state index is 13.4. The molecular formula is C12H17ClFN3. The number of likely N-dealkylation sites (tertiary alicyclic amines) is 1. The van der Waals surface area contributed by atoms with E-state index in [4.69, 9.17) is 11.6 Å². The van der Waals surface area contributed by atoms with Crippen LogP contribution in [0.2, 0.25) is 5.02 Å². The van der Waals surface area contributed by atoms with E-state index in [9.17, 15) is 4.39 Å². The van der Waals surface area contributed by atoms with Gasteiger partial charge < -0.3 is 10.2 Å². The average molecular weight is 258 g/mol. The average Bonchev–Trinajstić information content (AvgIpc) is 2.79. The van der Waals surface area contributed by atoms with Crippen molar-refractivity contribution in [2.24, 2.45) is 0 Å². The first-order valence-electron chi connectivity index (χ1n) is 6.03. The number of hydrogen-bond acceptors (Lipinski definition) is 3. The fourth-order valence-electron chi connectivity index (χ4n) is 2.06. The Bertz CT molecular complexity index is 367. The fraction of sp³-hybridized carbons (Fsp3) is 0.583. The Balaban J connectivity index is 1.70. The van der Waals surface area contributed by atoms with E-state index in [0.29, 0.717) is 5.02 Å². The van der Waals surface area contributed by atoms with Crippen LogP contribution in [0.3, 0.4) is 0 Å². The summed E-state index contributed by atoms with van der Waals surface area (Å²) in [4.78, 5) is 6.35. The molecule has 0 aliphatic carbocycles. The van der Waals surface area contributed by atoms with E-state index in [1.54, 1.807) is 0 Å². The van der Waals surface area contributed by atoms with E-state index in [0.717, 1.165) is 19.5 Å². The summed E-state index contributed by atoms with van der Waals surface area (Å²) in [5.74, 6) is -0.102. The lowest BCUT2D eigenvalue weighted by atomic mass is 10.3. The second kappa shape index (κ2) is 6.17. The minimum atomic E-state index is -0.390. The molecule has 1 aliphatic heterocycles. The lowest BCUT2D eigenvalue weighted by Gasteiger charge is -2.14. The number of nitrogens with one attached hydrogen (secondary N) is 1. The molecule has 0 spiro atoms. The summed E-state index contributed by atoms with van der Waals surface area (Å²) in [5.41, 5.74) is 0. The van der Waals surface area contributed by atoms with Crippen molar-refractivity contribution in [3.63, 3.8) is 0 Å². The van der Waals surface area contributed by atoms with Gasteiger partial charge in [0, 0.05) is 12.7 Å². The molecule has 3 nitrogen and oxygen atoms in total. The Morgan fingerprint density at radius 1 is 1.41 bits per heavy atom. The van der Waals surface area contributed by atoms with Crippen molar-refractivity contribution in [3.8, 4) is 0 Å². The predicted molar refractivity (Wildman–Crippen MR) is 68.0 cm³/mol. The van der Waals surface area contributed by atoms with Crippen molar-refractivity contribution in [2.45, 2.75) is 19.3 Å². The highest BCUT2D eigenvalue weighted by Crippen LogP contribution is 2.15. The number of pyridine rings is 1. The minimum absolute atomic E-state index is 0.288. The second-order valence-electron chi connectivity index (χ2n) is 4.31. The van der Waals surface area contributed by atoms with Crippen LogP contribution in [0.15, 0.2) is 12.3 Å². The summed E-state index contributed by atoms with van der Waals surface area (Å²) < 4.78 is 13.4. The van der Waals surface area contributed by atoms with Crippen molar-refractivity contribution in [2.75, 3.05) is 31.5 Å². The van der Waals surface area contributed by atoms with Gasteiger partial charge in [0.05, 0.1) is 5.02 Å². The number of aromatic nitrogens is 1. The van der Waals surface area contributed by atoms with Crippen LogP contribution in [-0.4, -0.2) is 36.1 Å². The molecule has 2 rings (SSSR count). The predicted octanol–water partition coefficient (Wildman–Crippen LogP) is 2.77. The second-order valence-corrected chi connectivity index (χ2v) is 4.75. The molecule has 0 aromatic carbocycles. The third kappa shape index (κ3) is 3.82. The quantitative estimate of drug-likeness (QED) is 0.823. The van der Waals surface area contributed by atoms with Crippen molar-refractivity contribution in [1.82, 2.24) is 9.88 Å². The van der Waals surface area contributed by atoms with Crippen molar-refractivity contribution in [1.29, 1.82) is 0 Å². The third-order valence-corrected chi connectivity index (χ3v) is 3.16. The van der Waals surface area contributed by atoms with Gasteiger partial charge in [-0.3, -0.25) is 0 Å². The zero-order valence-corrected chi connectivity index (χ0v) is 10.5. The Hall–Kier alpha value is -0.870. The van der Waals surface area contributed by atoms with E-state index >= 15 is 0 Å². The molecule has 1 fully saturated rings. The van der Waals surface area contributed by atoms with Crippen LogP contribution < -0.4 is 5.32 Å². The molecule has 1 N–H and O–H groups in total. The van der Waals surface area contributed by atoms with E-state index < -0.39 is 5.82 Å². The highest BCUT2D eigenvalue weighted by atomic mass is 35.5. The van der Waals surface area contributed by atoms with Crippen molar-refractivity contribution >= 4 is 17.4 Å². The molecule has 0 bridgehead atoms. The van der Waals surface area contributed by atoms with Gasteiger partial charge in [-0.25, -0.2) is 9.37 Å². The largest absolute Gasteiger partial charge is 0.368 e. The molecule has 0 saturated carbocycles. The van der Waals surface area contributed by atoms with Gasteiger partial charge in [0.15, 0.2) is 11.6 Å². The van der Waals surface area contributed by atoms with Gasteiger partial charge in [-0.1, -0.05) is 11.6 Å². The van der Waals surface area contributed by atoms with Gasteiger partial charge in [0.2, 0.25) is 0 Å². The van der Waals surface area contributed by atoms with Gasteiger partial charge in [0.25, 0.3) is 0 Å². The Morgan fingerprint density at radius 2 is 2.18 bits per heavy atom. The Morgan fingerprint density at radius 3 is 2.88 bits per heavy atom. The molecule has 1 saturated heterocycles. The molecule has 2 heterocycles. The molecule has 1 aromatic rings. The van der Waals surface area contributed by atoms with E-state index in [1.807, 2.05) is 0 Å². The van der Waals surface area contributed by atoms with E-state index in [-0.39, 0.29) is 5.82 Å². The number of halogens is 2. The fourth-order valence-corrected chi connectivity index (χ4v) is 2.20. The number of anilines is 1. The van der Waals surface area contributed by atoms with Crippen LogP contribution >= 0.6 is 11.6 Å². The normalized spacial score (nSPS) is 16.4. The number of hydrogen-bond donors (Lipinski definition) is 1. The monoisotopic (exact) mass is 257 g/mol. The van der Waals surface area contributed by atoms with Crippen LogP contribution in [0.5, 0.6) is 0 Å². The van der Waals surface area contributed by atoms with Crippen molar-refractivity contribution < 1.29 is 4.39 Å². The first-order chi connectivity index (χ1) is 8.25. The van der Waals surface area contributed by atoms with Crippen LogP contribution in [-0.2, 0) is 0 Å². The smallest absolute Gasteiger partial charge is 0.166 e. The van der Waals surface area contributed by atoms with Crippen LogP contribution in [0.1, 0.15) is 19.3 Å². The first kappa shape index (κ1) is 12.6. The van der Waals surface area contributed by atoms with Gasteiger partial charge in [-0.05, 0) is 45.0 Å². The Labute approximate surface area is 106 Å². The lowest BCUT2D eigenvalue weighted by molar-refractivity contribution is 0.337. The maximum atomic E-state index is 13.4. The highest BCUT2D eigenvalue weighted by Gasteiger charge is 2.10. The summed E-state index contributed by atoms with van der Waals surface area (Å²) in [5, 5.41) is 3.32. The molecular weight excluding hydrogens is 241 g/mol. The van der Waals surface area contributed by atoms with E-state index in [2.05, 4.69) is 15.2 Å². The molecule has 17 heavy (non-hydrogen) atoms. The minimum Gasteiger partial charge on any atom is -0.368 e. The van der Waals surface area contributed by atoms with Crippen molar-refractivity contribution in [3.05, 3.63) is 23.1 Å². The molecule has 1 aliphatic rings. The van der Waals surface area contributed by atoms with Crippen LogP contribution in [0.4, 0.5) is 10.2 Å². The molecule has 5 heteroatoms. The summed E-state index contributed by atoms with van der Waals surface area (Å²) in [6.07, 6.45) is 5.07. The standard InChI is InChI=1S/C12H17ClFN3/c13-10-8-11(14)12(16-9-10)15-4-3-7-17-5-1-2-6-17/h8-9H,1-7H2,(H,15,16). The Kier molecular flexibility index (Phi) is 4.57. The third-order valence-electron chi connectivity index (χ3n) is 2.95. The lowest BCUT2D eigenvalue weighted by Crippen LogP contribution is -2.22. The summed E-state index contributed by atoms with van der Waals surface area (Å²) in [6, 6.07) is 1.28. The van der Waals surface area contributed by atoms with Crippen LogP contribution in [0.25, 0.3) is 0 Å². The molecule has 1 aromatic heterocycles. The maximum Gasteiger partial charge on any atom is 0.166 e. The molecule has 0 atom stereocenters. The zero-order chi connectivity index (χ0) is 12.1. The van der Waals surface area contributed by atoms with Crippen LogP contribution in [0, 0.1) is 5.82 Å². The SMILES string of the molecule is Fc1cc(Cl)cnc1NCCCN1CCCC1. The van der Waals surface area contributed by atoms with E-state index in [1.165, 1.54) is 38.2 Å². The summed E-state index contributed by atoms with van der Waals surface area (Å²) >= 11 is 5.63. The first-order valence-corrected chi connectivity index (χ1v) is 6.41. The molecule has 0 unspecified atom stereocenters. The molecule has 94 valence electrons. The van der Waals surface area contributed by atoms with Gasteiger partial charge in [-0.15, -0.1) is 0 Å². The highest BCUT2D eigenvalue weighted by molar-refractivity contribution is 6.30. The zero-order valence-electron chi connectivity index (χ0n) is 9.75. The van der Waals surface area contributed by atoms with Gasteiger partial charge in [0.1, 0.15) is 0 Å². The number of rotatable bonds is 5. The molecule has 0 radical (unpaired) electrons. The topological polar surface area (TPSA) is 28.2 Å². The molecule has 0 amide bonds.